The van der Waals surface area contributed by atoms with Crippen molar-refractivity contribution in [3.05, 3.63) is 107 Å². The van der Waals surface area contributed by atoms with Crippen LogP contribution in [-0.2, 0) is 4.79 Å². The van der Waals surface area contributed by atoms with Crippen LogP contribution in [0.25, 0.3) is 11.3 Å². The predicted molar refractivity (Wildman–Crippen MR) is 130 cm³/mol. The molecule has 0 unspecified atom stereocenters. The van der Waals surface area contributed by atoms with Crippen LogP contribution < -0.4 is 10.2 Å². The van der Waals surface area contributed by atoms with E-state index in [0.29, 0.717) is 17.2 Å². The summed E-state index contributed by atoms with van der Waals surface area (Å²) in [4.78, 5) is 33.1. The Balaban J connectivity index is 1.57. The quantitative estimate of drug-likeness (QED) is 0.504. The van der Waals surface area contributed by atoms with Crippen LogP contribution in [0.2, 0.25) is 0 Å². The van der Waals surface area contributed by atoms with E-state index in [1.165, 1.54) is 4.90 Å². The molecule has 0 aliphatic carbocycles. The average molecular weight is 450 g/mol. The van der Waals surface area contributed by atoms with E-state index in [9.17, 15) is 9.59 Å². The van der Waals surface area contributed by atoms with E-state index in [-0.39, 0.29) is 11.5 Å². The Labute approximate surface area is 196 Å². The molecule has 4 aromatic rings. The molecular formula is C27H22N4O3. The zero-order valence-electron chi connectivity index (χ0n) is 18.7. The van der Waals surface area contributed by atoms with Crippen molar-refractivity contribution in [2.24, 2.45) is 4.99 Å². The molecule has 0 saturated carbocycles. The van der Waals surface area contributed by atoms with E-state index in [4.69, 9.17) is 9.52 Å². The Morgan fingerprint density at radius 2 is 1.53 bits per heavy atom. The monoisotopic (exact) mass is 450 g/mol. The number of benzene rings is 3. The van der Waals surface area contributed by atoms with Gasteiger partial charge >= 0.3 is 0 Å². The molecule has 0 saturated heterocycles. The van der Waals surface area contributed by atoms with Gasteiger partial charge in [-0.25, -0.2) is 4.99 Å². The number of anilines is 1. The molecule has 2 amide bonds. The standard InChI is InChI=1S/C27H22N4O3/c1-17-22(24(30-34-17)19-13-7-4-8-14-19)26(32)29-25-27(33)31(2)21-16-10-9-15-20(21)23(28-25)18-11-5-3-6-12-18/h3-16,25H,1-2H3,(H,29,32)/t25-/m0/s1. The SMILES string of the molecule is Cc1onc(-c2ccccc2)c1C(=O)N[C@@H]1N=C(c2ccccc2)c2ccccc2N(C)C1=O. The lowest BCUT2D eigenvalue weighted by Gasteiger charge is -2.20. The molecule has 34 heavy (non-hydrogen) atoms. The number of rotatable bonds is 4. The fourth-order valence-corrected chi connectivity index (χ4v) is 4.07. The molecule has 7 nitrogen and oxygen atoms in total. The molecule has 0 bridgehead atoms. The van der Waals surface area contributed by atoms with Gasteiger partial charge in [-0.3, -0.25) is 9.59 Å². The number of benzodiazepines with no additional fused rings is 1. The third-order valence-electron chi connectivity index (χ3n) is 5.80. The first-order valence-corrected chi connectivity index (χ1v) is 10.9. The molecule has 1 aromatic heterocycles. The van der Waals surface area contributed by atoms with Gasteiger partial charge in [-0.2, -0.15) is 0 Å². The van der Waals surface area contributed by atoms with E-state index >= 15 is 0 Å². The first-order chi connectivity index (χ1) is 16.5. The number of aryl methyl sites for hydroxylation is 1. The van der Waals surface area contributed by atoms with Gasteiger partial charge in [0.2, 0.25) is 6.17 Å². The lowest BCUT2D eigenvalue weighted by molar-refractivity contribution is -0.119. The molecule has 0 spiro atoms. The highest BCUT2D eigenvalue weighted by molar-refractivity contribution is 6.20. The third-order valence-corrected chi connectivity index (χ3v) is 5.80. The number of hydrogen-bond donors (Lipinski definition) is 1. The number of carbonyl (C=O) groups is 2. The van der Waals surface area contributed by atoms with E-state index in [0.717, 1.165) is 22.4 Å². The number of likely N-dealkylation sites (N-methyl/N-ethyl adjacent to an activating group) is 1. The second-order valence-corrected chi connectivity index (χ2v) is 7.96. The molecule has 7 heteroatoms. The zero-order valence-corrected chi connectivity index (χ0v) is 18.7. The van der Waals surface area contributed by atoms with Crippen LogP contribution in [0, 0.1) is 6.92 Å². The summed E-state index contributed by atoms with van der Waals surface area (Å²) in [7, 11) is 1.68. The van der Waals surface area contributed by atoms with Crippen molar-refractivity contribution in [3.63, 3.8) is 0 Å². The van der Waals surface area contributed by atoms with Crippen LogP contribution in [0.5, 0.6) is 0 Å². The smallest absolute Gasteiger partial charge is 0.272 e. The first kappa shape index (κ1) is 21.3. The van der Waals surface area contributed by atoms with Crippen molar-refractivity contribution in [2.45, 2.75) is 13.1 Å². The fraction of sp³-hybridized carbons (Fsp3) is 0.111. The van der Waals surface area contributed by atoms with Crippen molar-refractivity contribution in [1.29, 1.82) is 0 Å². The minimum absolute atomic E-state index is 0.278. The van der Waals surface area contributed by atoms with Gasteiger partial charge in [0.05, 0.1) is 11.4 Å². The Morgan fingerprint density at radius 1 is 0.912 bits per heavy atom. The van der Waals surface area contributed by atoms with E-state index in [1.54, 1.807) is 14.0 Å². The minimum atomic E-state index is -1.13. The number of carbonyl (C=O) groups excluding carboxylic acids is 2. The average Bonchev–Trinajstić information content (AvgIpc) is 3.24. The molecule has 3 aromatic carbocycles. The largest absolute Gasteiger partial charge is 0.360 e. The van der Waals surface area contributed by atoms with Crippen molar-refractivity contribution < 1.29 is 14.1 Å². The molecule has 1 atom stereocenters. The molecule has 1 aliphatic rings. The molecule has 1 aliphatic heterocycles. The first-order valence-electron chi connectivity index (χ1n) is 10.9. The number of nitrogens with zero attached hydrogens (tertiary/aromatic N) is 3. The van der Waals surface area contributed by atoms with Crippen LogP contribution in [0.3, 0.4) is 0 Å². The number of fused-ring (bicyclic) bond motifs is 1. The summed E-state index contributed by atoms with van der Waals surface area (Å²) in [5, 5.41) is 6.89. The number of para-hydroxylation sites is 1. The molecule has 0 fully saturated rings. The molecule has 2 heterocycles. The number of hydrogen-bond acceptors (Lipinski definition) is 5. The lowest BCUT2D eigenvalue weighted by atomic mass is 10.0. The van der Waals surface area contributed by atoms with Gasteiger partial charge in [0.15, 0.2) is 0 Å². The number of amides is 2. The highest BCUT2D eigenvalue weighted by Crippen LogP contribution is 2.28. The second kappa shape index (κ2) is 8.78. The number of nitrogens with one attached hydrogen (secondary N) is 1. The lowest BCUT2D eigenvalue weighted by Crippen LogP contribution is -2.46. The van der Waals surface area contributed by atoms with Gasteiger partial charge in [0, 0.05) is 23.7 Å². The highest BCUT2D eigenvalue weighted by atomic mass is 16.5. The zero-order chi connectivity index (χ0) is 23.7. The van der Waals surface area contributed by atoms with Crippen molar-refractivity contribution in [3.8, 4) is 11.3 Å². The summed E-state index contributed by atoms with van der Waals surface area (Å²) >= 11 is 0. The Kier molecular flexibility index (Phi) is 5.51. The van der Waals surface area contributed by atoms with Crippen LogP contribution in [0.4, 0.5) is 5.69 Å². The molecule has 1 N–H and O–H groups in total. The minimum Gasteiger partial charge on any atom is -0.360 e. The second-order valence-electron chi connectivity index (χ2n) is 7.96. The van der Waals surface area contributed by atoms with Crippen LogP contribution in [0.15, 0.2) is 94.4 Å². The molecule has 5 rings (SSSR count). The summed E-state index contributed by atoms with van der Waals surface area (Å²) in [5.41, 5.74) is 4.45. The molecular weight excluding hydrogens is 428 g/mol. The van der Waals surface area contributed by atoms with E-state index < -0.39 is 12.1 Å². The molecule has 168 valence electrons. The van der Waals surface area contributed by atoms with E-state index in [2.05, 4.69) is 10.5 Å². The fourth-order valence-electron chi connectivity index (χ4n) is 4.07. The summed E-state index contributed by atoms with van der Waals surface area (Å²) in [5.74, 6) is -0.463. The number of aliphatic imine (C=N–C) groups is 1. The summed E-state index contributed by atoms with van der Waals surface area (Å²) < 4.78 is 5.33. The predicted octanol–water partition coefficient (Wildman–Crippen LogP) is 4.22. The van der Waals surface area contributed by atoms with Gasteiger partial charge in [-0.1, -0.05) is 84.0 Å². The maximum Gasteiger partial charge on any atom is 0.272 e. The normalized spacial score (nSPS) is 15.4. The summed E-state index contributed by atoms with van der Waals surface area (Å²) in [6.07, 6.45) is -1.13. The van der Waals surface area contributed by atoms with E-state index in [1.807, 2.05) is 84.9 Å². The Bertz CT molecular complexity index is 1390. The van der Waals surface area contributed by atoms with Crippen molar-refractivity contribution in [2.75, 3.05) is 11.9 Å². The van der Waals surface area contributed by atoms with Crippen LogP contribution in [0.1, 0.15) is 27.2 Å². The van der Waals surface area contributed by atoms with Gasteiger partial charge in [-0.15, -0.1) is 0 Å². The topological polar surface area (TPSA) is 87.8 Å². The van der Waals surface area contributed by atoms with Crippen LogP contribution in [-0.4, -0.2) is 35.9 Å². The summed E-state index contributed by atoms with van der Waals surface area (Å²) in [6.45, 7) is 1.67. The highest BCUT2D eigenvalue weighted by Gasteiger charge is 2.32. The summed E-state index contributed by atoms with van der Waals surface area (Å²) in [6, 6.07) is 26.5. The van der Waals surface area contributed by atoms with Gasteiger partial charge in [0.1, 0.15) is 17.0 Å². The van der Waals surface area contributed by atoms with Gasteiger partial charge < -0.3 is 14.7 Å². The van der Waals surface area contributed by atoms with Crippen molar-refractivity contribution in [1.82, 2.24) is 10.5 Å². The maximum absolute atomic E-state index is 13.4. The Morgan fingerprint density at radius 3 is 2.24 bits per heavy atom. The Hall–Kier alpha value is -4.52. The number of aromatic nitrogens is 1. The maximum atomic E-state index is 13.4. The molecule has 0 radical (unpaired) electrons. The van der Waals surface area contributed by atoms with Gasteiger partial charge in [-0.05, 0) is 13.0 Å². The van der Waals surface area contributed by atoms with Crippen molar-refractivity contribution >= 4 is 23.2 Å². The third kappa shape index (κ3) is 3.77. The van der Waals surface area contributed by atoms with Gasteiger partial charge in [0.25, 0.3) is 11.8 Å². The van der Waals surface area contributed by atoms with Crippen LogP contribution >= 0.6 is 0 Å².